The van der Waals surface area contributed by atoms with Crippen LogP contribution in [-0.2, 0) is 49.3 Å². The lowest BCUT2D eigenvalue weighted by Gasteiger charge is -2.51. The van der Waals surface area contributed by atoms with E-state index in [4.69, 9.17) is 18.9 Å². The first kappa shape index (κ1) is 33.4. The quantitative estimate of drug-likeness (QED) is 0.296. The molecule has 5 rings (SSSR count). The number of thioether (sulfide) groups is 3. The van der Waals surface area contributed by atoms with Gasteiger partial charge in [0, 0.05) is 16.0 Å². The third-order valence-corrected chi connectivity index (χ3v) is 12.4. The predicted molar refractivity (Wildman–Crippen MR) is 177 cm³/mol. The van der Waals surface area contributed by atoms with Crippen LogP contribution >= 0.6 is 35.3 Å². The lowest BCUT2D eigenvalue weighted by Crippen LogP contribution is -2.54. The van der Waals surface area contributed by atoms with Gasteiger partial charge in [-0.05, 0) is 38.0 Å². The van der Waals surface area contributed by atoms with Crippen LogP contribution in [0, 0.1) is 6.92 Å². The molecular formula is C33H31NO9S3. The summed E-state index contributed by atoms with van der Waals surface area (Å²) >= 11 is 2.80. The number of methoxy groups -OCH3 is 4. The minimum atomic E-state index is -1.62. The SMILES string of the molecule is COC(=O)C1=C(C(=O)OC)SC2(S1)C(C(=O)OC)=C(C(=O)OC)SC1=C2c2ccc(C)cc2N(C(=O)Cc2ccccc2)C1(C)C. The van der Waals surface area contributed by atoms with Crippen molar-refractivity contribution < 1.29 is 42.9 Å². The summed E-state index contributed by atoms with van der Waals surface area (Å²) in [5, 5.41) is 0. The molecule has 3 aliphatic rings. The van der Waals surface area contributed by atoms with Gasteiger partial charge in [-0.3, -0.25) is 4.79 Å². The van der Waals surface area contributed by atoms with Crippen LogP contribution < -0.4 is 4.90 Å². The van der Waals surface area contributed by atoms with Crippen molar-refractivity contribution in [2.24, 2.45) is 0 Å². The maximum Gasteiger partial charge on any atom is 0.345 e. The van der Waals surface area contributed by atoms with Crippen molar-refractivity contribution in [2.45, 2.75) is 36.8 Å². The van der Waals surface area contributed by atoms with Gasteiger partial charge < -0.3 is 23.8 Å². The zero-order valence-corrected chi connectivity index (χ0v) is 28.6. The number of benzene rings is 2. The van der Waals surface area contributed by atoms with Crippen LogP contribution in [0.2, 0.25) is 0 Å². The van der Waals surface area contributed by atoms with E-state index in [0.29, 0.717) is 21.7 Å². The third kappa shape index (κ3) is 5.33. The van der Waals surface area contributed by atoms with E-state index in [0.717, 1.165) is 46.4 Å². The number of rotatable bonds is 6. The number of hydrogen-bond acceptors (Lipinski definition) is 12. The Kier molecular flexibility index (Phi) is 9.22. The average molecular weight is 682 g/mol. The van der Waals surface area contributed by atoms with Gasteiger partial charge in [-0.1, -0.05) is 77.8 Å². The van der Waals surface area contributed by atoms with E-state index in [-0.39, 0.29) is 32.6 Å². The molecule has 0 fully saturated rings. The number of amides is 1. The summed E-state index contributed by atoms with van der Waals surface area (Å²) in [6.45, 7) is 5.62. The molecule has 2 aromatic rings. The summed E-state index contributed by atoms with van der Waals surface area (Å²) in [6.07, 6.45) is 0.104. The third-order valence-electron chi connectivity index (χ3n) is 7.74. The molecule has 240 valence electrons. The van der Waals surface area contributed by atoms with Crippen molar-refractivity contribution in [2.75, 3.05) is 33.3 Å². The summed E-state index contributed by atoms with van der Waals surface area (Å²) in [7, 11) is 4.72. The maximum atomic E-state index is 14.3. The summed E-state index contributed by atoms with van der Waals surface area (Å²) in [5.41, 5.74) is 2.17. The second-order valence-corrected chi connectivity index (χ2v) is 14.7. The molecule has 0 unspecified atom stereocenters. The van der Waals surface area contributed by atoms with Gasteiger partial charge >= 0.3 is 23.9 Å². The van der Waals surface area contributed by atoms with Gasteiger partial charge in [0.05, 0.1) is 51.7 Å². The number of fused-ring (bicyclic) bond motifs is 3. The van der Waals surface area contributed by atoms with Crippen LogP contribution in [0.15, 0.2) is 73.7 Å². The number of carbonyl (C=O) groups excluding carboxylic acids is 5. The highest BCUT2D eigenvalue weighted by atomic mass is 32.2. The lowest BCUT2D eigenvalue weighted by molar-refractivity contribution is -0.138. The molecule has 0 saturated carbocycles. The van der Waals surface area contributed by atoms with Gasteiger partial charge in [0.15, 0.2) is 0 Å². The summed E-state index contributed by atoms with van der Waals surface area (Å²) in [5.74, 6) is -3.52. The lowest BCUT2D eigenvalue weighted by atomic mass is 9.82. The Morgan fingerprint density at radius 1 is 0.739 bits per heavy atom. The van der Waals surface area contributed by atoms with E-state index in [1.807, 2.05) is 69.3 Å². The van der Waals surface area contributed by atoms with Gasteiger partial charge in [-0.25, -0.2) is 19.2 Å². The van der Waals surface area contributed by atoms with E-state index in [2.05, 4.69) is 0 Å². The summed E-state index contributed by atoms with van der Waals surface area (Å²) < 4.78 is 18.8. The Labute approximate surface area is 278 Å². The first-order valence-electron chi connectivity index (χ1n) is 14.0. The van der Waals surface area contributed by atoms with Crippen molar-refractivity contribution in [1.82, 2.24) is 0 Å². The Morgan fingerprint density at radius 3 is 1.83 bits per heavy atom. The smallest absolute Gasteiger partial charge is 0.345 e. The zero-order chi connectivity index (χ0) is 33.6. The first-order chi connectivity index (χ1) is 21.9. The fourth-order valence-corrected chi connectivity index (χ4v) is 10.8. The number of carbonyl (C=O) groups is 5. The Bertz CT molecular complexity index is 1750. The van der Waals surface area contributed by atoms with Crippen LogP contribution in [0.5, 0.6) is 0 Å². The second-order valence-electron chi connectivity index (χ2n) is 10.9. The fourth-order valence-electron chi connectivity index (χ4n) is 5.72. The molecule has 3 heterocycles. The number of anilines is 1. The largest absolute Gasteiger partial charge is 0.466 e. The van der Waals surface area contributed by atoms with Crippen LogP contribution in [-0.4, -0.2) is 67.8 Å². The molecule has 1 spiro atoms. The summed E-state index contributed by atoms with van der Waals surface area (Å²) in [4.78, 5) is 69.8. The molecule has 0 saturated heterocycles. The molecule has 0 bridgehead atoms. The minimum absolute atomic E-state index is 0.0949. The first-order valence-corrected chi connectivity index (χ1v) is 16.4. The minimum Gasteiger partial charge on any atom is -0.466 e. The maximum absolute atomic E-state index is 14.3. The highest BCUT2D eigenvalue weighted by molar-refractivity contribution is 8.26. The van der Waals surface area contributed by atoms with Crippen LogP contribution in [0.1, 0.15) is 30.5 Å². The molecule has 0 N–H and O–H groups in total. The molecule has 0 atom stereocenters. The predicted octanol–water partition coefficient (Wildman–Crippen LogP) is 5.15. The molecule has 3 aliphatic heterocycles. The van der Waals surface area contributed by atoms with E-state index in [1.54, 1.807) is 4.90 Å². The van der Waals surface area contributed by atoms with E-state index < -0.39 is 33.5 Å². The van der Waals surface area contributed by atoms with Crippen LogP contribution in [0.25, 0.3) is 5.57 Å². The van der Waals surface area contributed by atoms with Crippen molar-refractivity contribution in [1.29, 1.82) is 0 Å². The van der Waals surface area contributed by atoms with E-state index in [1.165, 1.54) is 28.4 Å². The molecular weight excluding hydrogens is 651 g/mol. The van der Waals surface area contributed by atoms with Crippen LogP contribution in [0.4, 0.5) is 5.69 Å². The molecule has 1 amide bonds. The molecule has 0 radical (unpaired) electrons. The number of nitrogens with zero attached hydrogens (tertiary/aromatic N) is 1. The Hall–Kier alpha value is -3.94. The Morgan fingerprint density at radius 2 is 1.28 bits per heavy atom. The van der Waals surface area contributed by atoms with E-state index in [9.17, 15) is 24.0 Å². The highest BCUT2D eigenvalue weighted by Crippen LogP contribution is 2.71. The molecule has 0 aliphatic carbocycles. The Balaban J connectivity index is 1.85. The van der Waals surface area contributed by atoms with Crippen molar-refractivity contribution in [3.05, 3.63) is 90.4 Å². The fraction of sp³-hybridized carbons (Fsp3) is 0.303. The normalized spacial score (nSPS) is 17.8. The van der Waals surface area contributed by atoms with Crippen molar-refractivity contribution >= 4 is 76.3 Å². The van der Waals surface area contributed by atoms with Crippen LogP contribution in [0.3, 0.4) is 0 Å². The summed E-state index contributed by atoms with van der Waals surface area (Å²) in [6, 6.07) is 15.0. The number of ether oxygens (including phenoxy) is 4. The standard InChI is InChI=1S/C33H31NO9S3/c1-17-13-14-19-20(15-17)34(21(35)16-18-11-9-8-10-12-18)32(2,3)27-22(19)33(23(28(36)40-4)24(44-27)29(37)41-5)45-25(30(38)42-6)26(46-33)31(39)43-7/h8-15H,16H2,1-7H3. The average Bonchev–Trinajstić information content (AvgIpc) is 3.43. The molecule has 0 aromatic heterocycles. The second kappa shape index (κ2) is 12.7. The molecule has 13 heteroatoms. The molecule has 10 nitrogen and oxygen atoms in total. The van der Waals surface area contributed by atoms with Gasteiger partial charge in [0.2, 0.25) is 5.91 Å². The molecule has 2 aromatic carbocycles. The zero-order valence-electron chi connectivity index (χ0n) is 26.2. The van der Waals surface area contributed by atoms with Crippen molar-refractivity contribution in [3.63, 3.8) is 0 Å². The molecule has 46 heavy (non-hydrogen) atoms. The van der Waals surface area contributed by atoms with Gasteiger partial charge in [-0.15, -0.1) is 0 Å². The monoisotopic (exact) mass is 681 g/mol. The van der Waals surface area contributed by atoms with E-state index >= 15 is 0 Å². The number of aryl methyl sites for hydroxylation is 1. The topological polar surface area (TPSA) is 126 Å². The van der Waals surface area contributed by atoms with Crippen molar-refractivity contribution in [3.8, 4) is 0 Å². The van der Waals surface area contributed by atoms with Gasteiger partial charge in [0.1, 0.15) is 18.8 Å². The highest BCUT2D eigenvalue weighted by Gasteiger charge is 2.61. The number of hydrogen-bond donors (Lipinski definition) is 0. The van der Waals surface area contributed by atoms with Gasteiger partial charge in [0.25, 0.3) is 0 Å². The van der Waals surface area contributed by atoms with Gasteiger partial charge in [-0.2, -0.15) is 0 Å². The number of esters is 4.